The van der Waals surface area contributed by atoms with E-state index in [0.29, 0.717) is 6.54 Å². The lowest BCUT2D eigenvalue weighted by Gasteiger charge is -2.34. The SMILES string of the molecule is Cc1cc(CN2CCN(C(=O)NCc3ccc(N(C)C)cc3)CC2)no1. The lowest BCUT2D eigenvalue weighted by atomic mass is 10.2. The lowest BCUT2D eigenvalue weighted by Crippen LogP contribution is -2.51. The van der Waals surface area contributed by atoms with Crippen molar-refractivity contribution in [2.24, 2.45) is 0 Å². The predicted octanol–water partition coefficient (Wildman–Crippen LogP) is 2.08. The third-order valence-electron chi connectivity index (χ3n) is 4.62. The van der Waals surface area contributed by atoms with Crippen molar-refractivity contribution in [3.05, 3.63) is 47.3 Å². The van der Waals surface area contributed by atoms with Gasteiger partial charge in [0.05, 0.1) is 5.69 Å². The molecule has 0 bridgehead atoms. The van der Waals surface area contributed by atoms with Crippen LogP contribution in [0, 0.1) is 6.92 Å². The minimum Gasteiger partial charge on any atom is -0.378 e. The molecule has 3 rings (SSSR count). The Bertz CT molecular complexity index is 718. The maximum Gasteiger partial charge on any atom is 0.317 e. The number of rotatable bonds is 5. The van der Waals surface area contributed by atoms with Gasteiger partial charge in [-0.15, -0.1) is 0 Å². The van der Waals surface area contributed by atoms with Crippen molar-refractivity contribution in [3.8, 4) is 0 Å². The molecule has 0 unspecified atom stereocenters. The van der Waals surface area contributed by atoms with Gasteiger partial charge in [-0.05, 0) is 24.6 Å². The zero-order chi connectivity index (χ0) is 18.5. The molecule has 26 heavy (non-hydrogen) atoms. The van der Waals surface area contributed by atoms with E-state index in [1.54, 1.807) is 0 Å². The third kappa shape index (κ3) is 4.76. The average Bonchev–Trinajstić information content (AvgIpc) is 3.05. The van der Waals surface area contributed by atoms with Gasteiger partial charge in [0, 0.05) is 65.1 Å². The maximum absolute atomic E-state index is 12.4. The number of carbonyl (C=O) groups is 1. The first-order valence-electron chi connectivity index (χ1n) is 8.95. The van der Waals surface area contributed by atoms with E-state index >= 15 is 0 Å². The number of anilines is 1. The van der Waals surface area contributed by atoms with Crippen LogP contribution in [0.5, 0.6) is 0 Å². The number of nitrogens with one attached hydrogen (secondary N) is 1. The van der Waals surface area contributed by atoms with E-state index in [1.807, 2.05) is 44.1 Å². The van der Waals surface area contributed by atoms with Crippen molar-refractivity contribution in [1.29, 1.82) is 0 Å². The van der Waals surface area contributed by atoms with Gasteiger partial charge in [-0.1, -0.05) is 17.3 Å². The van der Waals surface area contributed by atoms with Gasteiger partial charge >= 0.3 is 6.03 Å². The molecule has 0 spiro atoms. The van der Waals surface area contributed by atoms with Gasteiger partial charge in [-0.25, -0.2) is 4.79 Å². The molecule has 0 saturated carbocycles. The van der Waals surface area contributed by atoms with Crippen LogP contribution in [-0.4, -0.2) is 61.3 Å². The van der Waals surface area contributed by atoms with Crippen LogP contribution in [0.1, 0.15) is 17.0 Å². The zero-order valence-electron chi connectivity index (χ0n) is 15.7. The molecule has 2 heterocycles. The summed E-state index contributed by atoms with van der Waals surface area (Å²) < 4.78 is 5.11. The van der Waals surface area contributed by atoms with Gasteiger partial charge < -0.3 is 19.6 Å². The molecule has 2 amide bonds. The van der Waals surface area contributed by atoms with Gasteiger partial charge in [0.25, 0.3) is 0 Å². The second kappa shape index (κ2) is 8.23. The summed E-state index contributed by atoms with van der Waals surface area (Å²) in [6, 6.07) is 10.2. The molecule has 0 atom stereocenters. The van der Waals surface area contributed by atoms with E-state index in [0.717, 1.165) is 55.4 Å². The Morgan fingerprint density at radius 1 is 1.19 bits per heavy atom. The standard InChI is InChI=1S/C19H27N5O2/c1-15-12-17(21-26-15)14-23-8-10-24(11-9-23)19(25)20-13-16-4-6-18(7-5-16)22(2)3/h4-7,12H,8-11,13-14H2,1-3H3,(H,20,25). The monoisotopic (exact) mass is 357 g/mol. The van der Waals surface area contributed by atoms with Crippen LogP contribution in [0.25, 0.3) is 0 Å². The van der Waals surface area contributed by atoms with E-state index in [2.05, 4.69) is 32.4 Å². The number of aromatic nitrogens is 1. The third-order valence-corrected chi connectivity index (χ3v) is 4.62. The van der Waals surface area contributed by atoms with Crippen LogP contribution in [0.2, 0.25) is 0 Å². The summed E-state index contributed by atoms with van der Waals surface area (Å²) in [5.74, 6) is 0.830. The Labute approximate surface area is 154 Å². The Morgan fingerprint density at radius 3 is 2.46 bits per heavy atom. The van der Waals surface area contributed by atoms with Crippen molar-refractivity contribution in [3.63, 3.8) is 0 Å². The average molecular weight is 357 g/mol. The Kier molecular flexibility index (Phi) is 5.78. The fraction of sp³-hybridized carbons (Fsp3) is 0.474. The molecule has 0 radical (unpaired) electrons. The minimum absolute atomic E-state index is 0.00128. The van der Waals surface area contributed by atoms with Gasteiger partial charge in [0.15, 0.2) is 0 Å². The van der Waals surface area contributed by atoms with Crippen LogP contribution >= 0.6 is 0 Å². The lowest BCUT2D eigenvalue weighted by molar-refractivity contribution is 0.133. The predicted molar refractivity (Wildman–Crippen MR) is 101 cm³/mol. The van der Waals surface area contributed by atoms with Gasteiger partial charge in [-0.2, -0.15) is 0 Å². The number of nitrogens with zero attached hydrogens (tertiary/aromatic N) is 4. The Balaban J connectivity index is 1.42. The Morgan fingerprint density at radius 2 is 1.88 bits per heavy atom. The molecule has 7 nitrogen and oxygen atoms in total. The summed E-state index contributed by atoms with van der Waals surface area (Å²) in [5, 5.41) is 7.04. The molecule has 140 valence electrons. The highest BCUT2D eigenvalue weighted by molar-refractivity contribution is 5.74. The summed E-state index contributed by atoms with van der Waals surface area (Å²) in [5.41, 5.74) is 3.20. The topological polar surface area (TPSA) is 64.8 Å². The summed E-state index contributed by atoms with van der Waals surface area (Å²) >= 11 is 0. The van der Waals surface area contributed by atoms with E-state index in [-0.39, 0.29) is 6.03 Å². The normalized spacial score (nSPS) is 15.1. The van der Waals surface area contributed by atoms with Crippen molar-refractivity contribution in [2.45, 2.75) is 20.0 Å². The smallest absolute Gasteiger partial charge is 0.317 e. The quantitative estimate of drug-likeness (QED) is 0.888. The molecule has 1 aliphatic rings. The second-order valence-corrected chi connectivity index (χ2v) is 6.91. The molecular weight excluding hydrogens is 330 g/mol. The molecular formula is C19H27N5O2. The highest BCUT2D eigenvalue weighted by atomic mass is 16.5. The number of amides is 2. The number of piperazine rings is 1. The first-order valence-corrected chi connectivity index (χ1v) is 8.95. The number of hydrogen-bond donors (Lipinski definition) is 1. The molecule has 1 N–H and O–H groups in total. The first-order chi connectivity index (χ1) is 12.5. The van der Waals surface area contributed by atoms with E-state index in [1.165, 1.54) is 0 Å². The number of hydrogen-bond acceptors (Lipinski definition) is 5. The minimum atomic E-state index is -0.00128. The summed E-state index contributed by atoms with van der Waals surface area (Å²) in [4.78, 5) is 18.6. The second-order valence-electron chi connectivity index (χ2n) is 6.91. The van der Waals surface area contributed by atoms with E-state index in [4.69, 9.17) is 4.52 Å². The number of urea groups is 1. The van der Waals surface area contributed by atoms with Crippen LogP contribution in [0.4, 0.5) is 10.5 Å². The largest absolute Gasteiger partial charge is 0.378 e. The molecule has 1 aliphatic heterocycles. The van der Waals surface area contributed by atoms with Crippen LogP contribution in [0.3, 0.4) is 0 Å². The first kappa shape index (κ1) is 18.3. The molecule has 7 heteroatoms. The fourth-order valence-electron chi connectivity index (χ4n) is 3.03. The van der Waals surface area contributed by atoms with Crippen molar-refractivity contribution >= 4 is 11.7 Å². The number of carbonyl (C=O) groups excluding carboxylic acids is 1. The molecule has 2 aromatic rings. The van der Waals surface area contributed by atoms with E-state index < -0.39 is 0 Å². The van der Waals surface area contributed by atoms with Gasteiger partial charge in [-0.3, -0.25) is 4.90 Å². The van der Waals surface area contributed by atoms with Gasteiger partial charge in [0.2, 0.25) is 0 Å². The molecule has 1 aromatic carbocycles. The van der Waals surface area contributed by atoms with Crippen LogP contribution in [0.15, 0.2) is 34.9 Å². The van der Waals surface area contributed by atoms with E-state index in [9.17, 15) is 4.79 Å². The Hall–Kier alpha value is -2.54. The number of benzene rings is 1. The molecule has 1 fully saturated rings. The van der Waals surface area contributed by atoms with Crippen LogP contribution in [-0.2, 0) is 13.1 Å². The van der Waals surface area contributed by atoms with Crippen molar-refractivity contribution in [2.75, 3.05) is 45.2 Å². The summed E-state index contributed by atoms with van der Waals surface area (Å²) in [6.07, 6.45) is 0. The summed E-state index contributed by atoms with van der Waals surface area (Å²) in [6.45, 7) is 6.35. The van der Waals surface area contributed by atoms with Crippen molar-refractivity contribution < 1.29 is 9.32 Å². The van der Waals surface area contributed by atoms with Crippen molar-refractivity contribution in [1.82, 2.24) is 20.3 Å². The fourth-order valence-corrected chi connectivity index (χ4v) is 3.03. The van der Waals surface area contributed by atoms with Crippen LogP contribution < -0.4 is 10.2 Å². The zero-order valence-corrected chi connectivity index (χ0v) is 15.7. The maximum atomic E-state index is 12.4. The molecule has 0 aliphatic carbocycles. The number of aryl methyl sites for hydroxylation is 1. The molecule has 1 saturated heterocycles. The summed E-state index contributed by atoms with van der Waals surface area (Å²) in [7, 11) is 4.03. The van der Waals surface area contributed by atoms with Gasteiger partial charge in [0.1, 0.15) is 5.76 Å². The highest BCUT2D eigenvalue weighted by Crippen LogP contribution is 2.12. The highest BCUT2D eigenvalue weighted by Gasteiger charge is 2.21. The molecule has 1 aromatic heterocycles.